The largest absolute Gasteiger partial charge is 0.331 e. The molecule has 1 amide bonds. The third-order valence-electron chi connectivity index (χ3n) is 3.82. The number of hydrogen-bond donors (Lipinski definition) is 1. The van der Waals surface area contributed by atoms with Crippen LogP contribution < -0.4 is 5.32 Å². The topological polar surface area (TPSA) is 58.1 Å². The van der Waals surface area contributed by atoms with Gasteiger partial charge in [0.25, 0.3) is 5.91 Å². The minimum Gasteiger partial charge on any atom is -0.331 e. The van der Waals surface area contributed by atoms with Crippen molar-refractivity contribution in [2.45, 2.75) is 25.4 Å². The molecule has 90 valence electrons. The molecule has 3 unspecified atom stereocenters. The fraction of sp³-hybridized carbons (Fsp3) is 0.583. The van der Waals surface area contributed by atoms with Crippen molar-refractivity contribution in [1.29, 1.82) is 0 Å². The highest BCUT2D eigenvalue weighted by Gasteiger charge is 2.44. The summed E-state index contributed by atoms with van der Waals surface area (Å²) in [5, 5.41) is 3.36. The Bertz CT molecular complexity index is 422. The van der Waals surface area contributed by atoms with Gasteiger partial charge in [0.05, 0.1) is 5.56 Å². The van der Waals surface area contributed by atoms with Gasteiger partial charge >= 0.3 is 0 Å². The van der Waals surface area contributed by atoms with Gasteiger partial charge in [-0.25, -0.2) is 9.97 Å². The quantitative estimate of drug-likeness (QED) is 0.756. The van der Waals surface area contributed by atoms with E-state index in [9.17, 15) is 4.79 Å². The van der Waals surface area contributed by atoms with Gasteiger partial charge in [-0.15, -0.1) is 0 Å². The normalized spacial score (nSPS) is 31.6. The van der Waals surface area contributed by atoms with Gasteiger partial charge in [0.2, 0.25) is 0 Å². The number of likely N-dealkylation sites (tertiary alicyclic amines) is 1. The highest BCUT2D eigenvalue weighted by molar-refractivity contribution is 5.94. The van der Waals surface area contributed by atoms with Crippen LogP contribution in [0.1, 0.15) is 23.7 Å². The van der Waals surface area contributed by atoms with Crippen molar-refractivity contribution >= 4 is 5.91 Å². The standard InChI is InChI=1S/C12H16N4O/c1-8-2-9-3-13-6-11(9)16(8)12(17)10-4-14-7-15-5-10/h4-5,7-9,11,13H,2-3,6H2,1H3. The van der Waals surface area contributed by atoms with Gasteiger partial charge in [0, 0.05) is 37.6 Å². The third kappa shape index (κ3) is 1.70. The van der Waals surface area contributed by atoms with Crippen LogP contribution in [0, 0.1) is 5.92 Å². The molecule has 0 spiro atoms. The summed E-state index contributed by atoms with van der Waals surface area (Å²) >= 11 is 0. The molecule has 0 bridgehead atoms. The van der Waals surface area contributed by atoms with E-state index in [1.54, 1.807) is 12.4 Å². The van der Waals surface area contributed by atoms with Crippen LogP contribution in [0.15, 0.2) is 18.7 Å². The van der Waals surface area contributed by atoms with E-state index in [1.165, 1.54) is 6.33 Å². The second-order valence-corrected chi connectivity index (χ2v) is 4.91. The molecule has 17 heavy (non-hydrogen) atoms. The van der Waals surface area contributed by atoms with Crippen molar-refractivity contribution in [2.75, 3.05) is 13.1 Å². The SMILES string of the molecule is CC1CC2CNCC2N1C(=O)c1cncnc1. The van der Waals surface area contributed by atoms with Gasteiger partial charge in [-0.05, 0) is 19.3 Å². The zero-order valence-electron chi connectivity index (χ0n) is 9.84. The number of fused-ring (bicyclic) bond motifs is 1. The first-order chi connectivity index (χ1) is 8.27. The number of hydrogen-bond acceptors (Lipinski definition) is 4. The first-order valence-electron chi connectivity index (χ1n) is 6.06. The molecule has 0 aromatic carbocycles. The number of rotatable bonds is 1. The van der Waals surface area contributed by atoms with E-state index in [1.807, 2.05) is 4.90 Å². The van der Waals surface area contributed by atoms with E-state index < -0.39 is 0 Å². The average molecular weight is 232 g/mol. The lowest BCUT2D eigenvalue weighted by Gasteiger charge is -2.27. The Labute approximate surface area is 100 Å². The van der Waals surface area contributed by atoms with E-state index >= 15 is 0 Å². The molecule has 3 heterocycles. The molecular weight excluding hydrogens is 216 g/mol. The van der Waals surface area contributed by atoms with Gasteiger partial charge < -0.3 is 10.2 Å². The average Bonchev–Trinajstić information content (AvgIpc) is 2.89. The second-order valence-electron chi connectivity index (χ2n) is 4.91. The molecular formula is C12H16N4O. The van der Waals surface area contributed by atoms with Crippen molar-refractivity contribution in [3.63, 3.8) is 0 Å². The lowest BCUT2D eigenvalue weighted by Crippen LogP contribution is -2.42. The van der Waals surface area contributed by atoms with Gasteiger partial charge in [-0.3, -0.25) is 4.79 Å². The lowest BCUT2D eigenvalue weighted by atomic mass is 10.0. The summed E-state index contributed by atoms with van der Waals surface area (Å²) in [6.45, 7) is 4.07. The van der Waals surface area contributed by atoms with Gasteiger partial charge in [-0.1, -0.05) is 0 Å². The maximum Gasteiger partial charge on any atom is 0.257 e. The van der Waals surface area contributed by atoms with Crippen LogP contribution in [0.25, 0.3) is 0 Å². The van der Waals surface area contributed by atoms with Crippen LogP contribution in [0.3, 0.4) is 0 Å². The number of aromatic nitrogens is 2. The van der Waals surface area contributed by atoms with E-state index in [4.69, 9.17) is 0 Å². The molecule has 0 radical (unpaired) electrons. The van der Waals surface area contributed by atoms with Gasteiger partial charge in [0.1, 0.15) is 6.33 Å². The van der Waals surface area contributed by atoms with E-state index in [0.29, 0.717) is 23.6 Å². The summed E-state index contributed by atoms with van der Waals surface area (Å²) in [6.07, 6.45) is 5.73. The van der Waals surface area contributed by atoms with Crippen LogP contribution >= 0.6 is 0 Å². The van der Waals surface area contributed by atoms with Crippen LogP contribution in [0.2, 0.25) is 0 Å². The summed E-state index contributed by atoms with van der Waals surface area (Å²) in [4.78, 5) is 22.2. The Kier molecular flexibility index (Phi) is 2.55. The molecule has 1 aromatic heterocycles. The Morgan fingerprint density at radius 1 is 1.41 bits per heavy atom. The van der Waals surface area contributed by atoms with Gasteiger partial charge in [-0.2, -0.15) is 0 Å². The number of amides is 1. The minimum atomic E-state index is 0.0642. The summed E-state index contributed by atoms with van der Waals surface area (Å²) in [5.41, 5.74) is 0.590. The zero-order chi connectivity index (χ0) is 11.8. The maximum atomic E-state index is 12.4. The molecule has 2 saturated heterocycles. The molecule has 3 rings (SSSR count). The van der Waals surface area contributed by atoms with Crippen molar-refractivity contribution in [2.24, 2.45) is 5.92 Å². The van der Waals surface area contributed by atoms with Crippen LogP contribution in [-0.2, 0) is 0 Å². The van der Waals surface area contributed by atoms with E-state index in [0.717, 1.165) is 19.5 Å². The summed E-state index contributed by atoms with van der Waals surface area (Å²) < 4.78 is 0. The van der Waals surface area contributed by atoms with Crippen LogP contribution in [0.5, 0.6) is 0 Å². The third-order valence-corrected chi connectivity index (χ3v) is 3.82. The molecule has 2 aliphatic heterocycles. The van der Waals surface area contributed by atoms with Crippen molar-refractivity contribution in [3.05, 3.63) is 24.3 Å². The summed E-state index contributed by atoms with van der Waals surface area (Å²) in [6, 6.07) is 0.664. The monoisotopic (exact) mass is 232 g/mol. The second kappa shape index (κ2) is 4.07. The van der Waals surface area contributed by atoms with E-state index in [-0.39, 0.29) is 5.91 Å². The Morgan fingerprint density at radius 3 is 2.94 bits per heavy atom. The highest BCUT2D eigenvalue weighted by atomic mass is 16.2. The zero-order valence-corrected chi connectivity index (χ0v) is 9.84. The fourth-order valence-electron chi connectivity index (χ4n) is 3.07. The number of nitrogens with zero attached hydrogens (tertiary/aromatic N) is 3. The molecule has 3 atom stereocenters. The minimum absolute atomic E-state index is 0.0642. The molecule has 2 aliphatic rings. The van der Waals surface area contributed by atoms with Crippen LogP contribution in [-0.4, -0.2) is 45.9 Å². The Balaban J connectivity index is 1.86. The smallest absolute Gasteiger partial charge is 0.257 e. The summed E-state index contributed by atoms with van der Waals surface area (Å²) in [5.74, 6) is 0.674. The maximum absolute atomic E-state index is 12.4. The molecule has 1 N–H and O–H groups in total. The predicted octanol–water partition coefficient (Wildman–Crippen LogP) is 0.299. The lowest BCUT2D eigenvalue weighted by molar-refractivity contribution is 0.0681. The molecule has 1 aromatic rings. The number of carbonyl (C=O) groups excluding carboxylic acids is 1. The highest BCUT2D eigenvalue weighted by Crippen LogP contribution is 2.33. The molecule has 5 nitrogen and oxygen atoms in total. The Morgan fingerprint density at radius 2 is 2.18 bits per heavy atom. The Hall–Kier alpha value is -1.49. The first-order valence-corrected chi connectivity index (χ1v) is 6.06. The summed E-state index contributed by atoms with van der Waals surface area (Å²) in [7, 11) is 0. The van der Waals surface area contributed by atoms with Crippen molar-refractivity contribution < 1.29 is 4.79 Å². The van der Waals surface area contributed by atoms with Crippen molar-refractivity contribution in [1.82, 2.24) is 20.2 Å². The van der Waals surface area contributed by atoms with Crippen LogP contribution in [0.4, 0.5) is 0 Å². The van der Waals surface area contributed by atoms with E-state index in [2.05, 4.69) is 22.2 Å². The first kappa shape index (κ1) is 10.7. The number of carbonyl (C=O) groups is 1. The molecule has 0 aliphatic carbocycles. The molecule has 5 heteroatoms. The fourth-order valence-corrected chi connectivity index (χ4v) is 3.07. The predicted molar refractivity (Wildman–Crippen MR) is 62.4 cm³/mol. The number of nitrogens with one attached hydrogen (secondary N) is 1. The van der Waals surface area contributed by atoms with Crippen molar-refractivity contribution in [3.8, 4) is 0 Å². The molecule has 0 saturated carbocycles. The van der Waals surface area contributed by atoms with Gasteiger partial charge in [0.15, 0.2) is 0 Å². The molecule has 2 fully saturated rings.